The summed E-state index contributed by atoms with van der Waals surface area (Å²) in [5.74, 6) is 0.707. The number of nitrogens with one attached hydrogen (secondary N) is 1. The highest BCUT2D eigenvalue weighted by Gasteiger charge is 2.28. The summed E-state index contributed by atoms with van der Waals surface area (Å²) < 4.78 is 28.9. The SMILES string of the molecule is Cc1ccc([S+](C)C[C@H](NS(=O)(=O)c2ccc(C)cc2)c2ccccc2)cc1. The van der Waals surface area contributed by atoms with Crippen LogP contribution >= 0.6 is 0 Å². The summed E-state index contributed by atoms with van der Waals surface area (Å²) in [7, 11) is -3.70. The molecule has 0 heterocycles. The van der Waals surface area contributed by atoms with E-state index in [0.29, 0.717) is 10.6 Å². The van der Waals surface area contributed by atoms with Crippen LogP contribution in [-0.4, -0.2) is 20.4 Å². The molecule has 0 saturated heterocycles. The zero-order valence-corrected chi connectivity index (χ0v) is 18.1. The summed E-state index contributed by atoms with van der Waals surface area (Å²) in [6, 6.07) is 24.9. The second kappa shape index (κ2) is 8.95. The Kier molecular flexibility index (Phi) is 6.60. The fourth-order valence-electron chi connectivity index (χ4n) is 2.97. The predicted molar refractivity (Wildman–Crippen MR) is 118 cm³/mol. The van der Waals surface area contributed by atoms with Crippen molar-refractivity contribution in [3.63, 3.8) is 0 Å². The number of rotatable bonds is 7. The lowest BCUT2D eigenvalue weighted by atomic mass is 10.1. The van der Waals surface area contributed by atoms with Crippen molar-refractivity contribution in [3.8, 4) is 0 Å². The molecule has 0 bridgehead atoms. The Balaban J connectivity index is 1.87. The van der Waals surface area contributed by atoms with Gasteiger partial charge in [-0.05, 0) is 43.7 Å². The molecule has 28 heavy (non-hydrogen) atoms. The molecular formula is C23H26NO2S2+. The van der Waals surface area contributed by atoms with E-state index in [0.717, 1.165) is 11.1 Å². The highest BCUT2D eigenvalue weighted by atomic mass is 32.2. The van der Waals surface area contributed by atoms with Crippen molar-refractivity contribution in [2.24, 2.45) is 0 Å². The van der Waals surface area contributed by atoms with Crippen molar-refractivity contribution in [1.82, 2.24) is 4.72 Å². The summed E-state index contributed by atoms with van der Waals surface area (Å²) in [6.07, 6.45) is 2.17. The maximum Gasteiger partial charge on any atom is 0.241 e. The summed E-state index contributed by atoms with van der Waals surface area (Å²) in [6.45, 7) is 4.01. The van der Waals surface area contributed by atoms with Crippen molar-refractivity contribution in [2.75, 3.05) is 12.0 Å². The third kappa shape index (κ3) is 5.25. The summed E-state index contributed by atoms with van der Waals surface area (Å²) in [5, 5.41) is 0. The largest absolute Gasteiger partial charge is 0.241 e. The molecule has 5 heteroatoms. The molecule has 0 radical (unpaired) electrons. The van der Waals surface area contributed by atoms with Crippen LogP contribution in [0.1, 0.15) is 22.7 Å². The van der Waals surface area contributed by atoms with Gasteiger partial charge < -0.3 is 0 Å². The average Bonchev–Trinajstić information content (AvgIpc) is 2.69. The van der Waals surface area contributed by atoms with Crippen LogP contribution in [0.25, 0.3) is 0 Å². The van der Waals surface area contributed by atoms with E-state index in [2.05, 4.69) is 42.2 Å². The maximum atomic E-state index is 13.0. The average molecular weight is 413 g/mol. The monoisotopic (exact) mass is 412 g/mol. The molecule has 3 aromatic carbocycles. The van der Waals surface area contributed by atoms with Gasteiger partial charge in [0, 0.05) is 10.9 Å². The smallest absolute Gasteiger partial charge is 0.207 e. The van der Waals surface area contributed by atoms with E-state index in [-0.39, 0.29) is 16.9 Å². The van der Waals surface area contributed by atoms with E-state index >= 15 is 0 Å². The molecule has 0 amide bonds. The normalized spacial score (nSPS) is 13.8. The minimum atomic E-state index is -3.60. The quantitative estimate of drug-likeness (QED) is 0.575. The van der Waals surface area contributed by atoms with Gasteiger partial charge in [0.25, 0.3) is 0 Å². The van der Waals surface area contributed by atoms with E-state index in [1.165, 1.54) is 10.5 Å². The summed E-state index contributed by atoms with van der Waals surface area (Å²) in [4.78, 5) is 1.53. The van der Waals surface area contributed by atoms with Gasteiger partial charge in [-0.25, -0.2) is 8.42 Å². The zero-order valence-electron chi connectivity index (χ0n) is 16.4. The van der Waals surface area contributed by atoms with Crippen molar-refractivity contribution >= 4 is 20.9 Å². The predicted octanol–water partition coefficient (Wildman–Crippen LogP) is 4.63. The molecule has 146 valence electrons. The fourth-order valence-corrected chi connectivity index (χ4v) is 5.87. The second-order valence-electron chi connectivity index (χ2n) is 7.01. The van der Waals surface area contributed by atoms with Crippen LogP contribution in [-0.2, 0) is 20.9 Å². The molecule has 0 aromatic heterocycles. The minimum absolute atomic E-state index is 0.0939. The molecule has 0 fully saturated rings. The highest BCUT2D eigenvalue weighted by Crippen LogP contribution is 2.23. The molecule has 0 aliphatic heterocycles. The van der Waals surface area contributed by atoms with Crippen molar-refractivity contribution in [1.29, 1.82) is 0 Å². The van der Waals surface area contributed by atoms with Gasteiger partial charge >= 0.3 is 0 Å². The lowest BCUT2D eigenvalue weighted by molar-refractivity contribution is 0.568. The van der Waals surface area contributed by atoms with E-state index in [1.54, 1.807) is 12.1 Å². The lowest BCUT2D eigenvalue weighted by Crippen LogP contribution is -2.33. The first kappa shape index (κ1) is 20.6. The highest BCUT2D eigenvalue weighted by molar-refractivity contribution is 7.96. The molecular weight excluding hydrogens is 386 g/mol. The fraction of sp³-hybridized carbons (Fsp3) is 0.217. The van der Waals surface area contributed by atoms with Gasteiger partial charge in [-0.15, -0.1) is 0 Å². The Labute approximate surface area is 171 Å². The molecule has 3 rings (SSSR count). The molecule has 0 saturated carbocycles. The van der Waals surface area contributed by atoms with Gasteiger partial charge in [-0.2, -0.15) is 4.72 Å². The van der Waals surface area contributed by atoms with Crippen LogP contribution in [0.3, 0.4) is 0 Å². The van der Waals surface area contributed by atoms with Crippen LogP contribution in [0.5, 0.6) is 0 Å². The summed E-state index contributed by atoms with van der Waals surface area (Å²) >= 11 is 0. The van der Waals surface area contributed by atoms with Crippen molar-refractivity contribution in [3.05, 3.63) is 95.6 Å². The molecule has 3 nitrogen and oxygen atoms in total. The van der Waals surface area contributed by atoms with Crippen molar-refractivity contribution in [2.45, 2.75) is 29.7 Å². The minimum Gasteiger partial charge on any atom is -0.207 e. The second-order valence-corrected chi connectivity index (χ2v) is 10.8. The maximum absolute atomic E-state index is 13.0. The lowest BCUT2D eigenvalue weighted by Gasteiger charge is -2.18. The first-order chi connectivity index (χ1) is 13.3. The van der Waals surface area contributed by atoms with E-state index < -0.39 is 10.0 Å². The van der Waals surface area contributed by atoms with Crippen LogP contribution in [0.2, 0.25) is 0 Å². The zero-order chi connectivity index (χ0) is 20.1. The Morgan fingerprint density at radius 2 is 1.36 bits per heavy atom. The van der Waals surface area contributed by atoms with Crippen LogP contribution in [0.15, 0.2) is 88.7 Å². The van der Waals surface area contributed by atoms with E-state index in [9.17, 15) is 8.42 Å². The molecule has 1 unspecified atom stereocenters. The Morgan fingerprint density at radius 1 is 0.821 bits per heavy atom. The first-order valence-corrected chi connectivity index (χ1v) is 12.5. The molecule has 2 atom stereocenters. The third-order valence-electron chi connectivity index (χ3n) is 4.67. The molecule has 1 N–H and O–H groups in total. The number of hydrogen-bond donors (Lipinski definition) is 1. The Hall–Kier alpha value is -2.08. The van der Waals surface area contributed by atoms with Gasteiger partial charge in [0.1, 0.15) is 12.0 Å². The Bertz CT molecular complexity index is 999. The molecule has 0 aliphatic carbocycles. The van der Waals surface area contributed by atoms with Gasteiger partial charge in [0.15, 0.2) is 4.90 Å². The Morgan fingerprint density at radius 3 is 1.93 bits per heavy atom. The van der Waals surface area contributed by atoms with Gasteiger partial charge in [-0.3, -0.25) is 0 Å². The number of hydrogen-bond acceptors (Lipinski definition) is 2. The van der Waals surface area contributed by atoms with Gasteiger partial charge in [0.05, 0.1) is 10.9 Å². The van der Waals surface area contributed by atoms with Crippen LogP contribution < -0.4 is 4.72 Å². The number of sulfonamides is 1. The van der Waals surface area contributed by atoms with Crippen LogP contribution in [0.4, 0.5) is 0 Å². The topological polar surface area (TPSA) is 46.2 Å². The summed E-state index contributed by atoms with van der Waals surface area (Å²) in [5.41, 5.74) is 3.23. The molecule has 0 spiro atoms. The van der Waals surface area contributed by atoms with E-state index in [4.69, 9.17) is 0 Å². The van der Waals surface area contributed by atoms with Gasteiger partial charge in [0.2, 0.25) is 10.0 Å². The van der Waals surface area contributed by atoms with Gasteiger partial charge in [-0.1, -0.05) is 65.7 Å². The first-order valence-electron chi connectivity index (χ1n) is 9.18. The molecule has 3 aromatic rings. The number of benzene rings is 3. The van der Waals surface area contributed by atoms with Crippen molar-refractivity contribution < 1.29 is 8.42 Å². The number of aryl methyl sites for hydroxylation is 2. The standard InChI is InChI=1S/C23H26NO2S2/c1-18-9-13-21(14-10-18)27(3)17-23(20-7-5-4-6-8-20)24-28(25,26)22-15-11-19(2)12-16-22/h4-16,23-24H,17H2,1-3H3/q+1/t23-,27?/m0/s1. The molecule has 0 aliphatic rings. The van der Waals surface area contributed by atoms with Crippen LogP contribution in [0, 0.1) is 13.8 Å². The third-order valence-corrected chi connectivity index (χ3v) is 8.07. The van der Waals surface area contributed by atoms with E-state index in [1.807, 2.05) is 49.4 Å².